The molecule has 0 aromatic carbocycles. The van der Waals surface area contributed by atoms with Gasteiger partial charge in [-0.05, 0) is 86.6 Å². The Hall–Kier alpha value is -7.39. The van der Waals surface area contributed by atoms with E-state index in [0.29, 0.717) is 0 Å². The second-order valence-electron chi connectivity index (χ2n) is 15.0. The first-order valence-electron chi connectivity index (χ1n) is 20.9. The van der Waals surface area contributed by atoms with Crippen molar-refractivity contribution in [1.82, 2.24) is 75.1 Å². The highest BCUT2D eigenvalue weighted by Gasteiger charge is 2.21. The van der Waals surface area contributed by atoms with Gasteiger partial charge in [-0.3, -0.25) is 30.1 Å². The van der Waals surface area contributed by atoms with Crippen LogP contribution in [0, 0.1) is 6.92 Å². The molecule has 9 aromatic heterocycles. The third-order valence-electron chi connectivity index (χ3n) is 11.4. The number of aryl methyl sites for hydroxylation is 1. The first-order chi connectivity index (χ1) is 30.1. The number of nitrogens with one attached hydrogen (secondary N) is 5. The predicted octanol–water partition coefficient (Wildman–Crippen LogP) is 8.81. The lowest BCUT2D eigenvalue weighted by Crippen LogP contribution is -2.20. The number of hydrogen-bond acceptors (Lipinski definition) is 10. The third kappa shape index (κ3) is 6.91. The molecular formula is C46H45N15. The first-order valence-corrected chi connectivity index (χ1v) is 20.9. The van der Waals surface area contributed by atoms with Crippen molar-refractivity contribution in [2.45, 2.75) is 52.9 Å². The minimum Gasteiger partial charge on any atom is -0.336 e. The first kappa shape index (κ1) is 37.9. The molecule has 304 valence electrons. The van der Waals surface area contributed by atoms with Crippen LogP contribution in [0.1, 0.15) is 68.9 Å². The molecule has 5 N–H and O–H groups in total. The standard InChI is InChI=1S/C22H20N8.C22H19N7.C2H6/c1-12-24-11-18(30(12)2)16-9-14-17(10-25-16)28-29-20(14)22-26-15-7-8-23-19(21(15)27-22)13-5-3-4-6-13;1-2-4-14(3-1)19-21-16(7-10-24-19)26-22(27-21)20-15-11-17(13-5-8-23-9-6-13)25-12-18(15)28-29-20;1-2/h5,7-11H,3-4,6H2,1-2H3,(H,26,27)(H,28,29);1,3-5,7,10-12,23H,2,6,8-9H2,(H,26,27)(H,28,29);1-2H3. The summed E-state index contributed by atoms with van der Waals surface area (Å²) >= 11 is 0. The summed E-state index contributed by atoms with van der Waals surface area (Å²) in [7, 11) is 1.99. The number of imidazole rings is 3. The van der Waals surface area contributed by atoms with Crippen molar-refractivity contribution in [3.8, 4) is 34.4 Å². The number of allylic oxidation sites excluding steroid dienone is 6. The smallest absolute Gasteiger partial charge is 0.159 e. The number of nitrogens with zero attached hydrogens (tertiary/aromatic N) is 10. The highest BCUT2D eigenvalue weighted by atomic mass is 15.2. The number of aromatic nitrogens is 14. The molecule has 10 heterocycles. The van der Waals surface area contributed by atoms with Crippen molar-refractivity contribution < 1.29 is 0 Å². The van der Waals surface area contributed by atoms with E-state index in [4.69, 9.17) is 9.97 Å². The van der Waals surface area contributed by atoms with Crippen LogP contribution in [-0.4, -0.2) is 82.9 Å². The summed E-state index contributed by atoms with van der Waals surface area (Å²) in [6.45, 7) is 7.84. The Morgan fingerprint density at radius 2 is 1.33 bits per heavy atom. The molecule has 15 nitrogen and oxygen atoms in total. The van der Waals surface area contributed by atoms with E-state index in [9.17, 15) is 0 Å². The Labute approximate surface area is 350 Å². The summed E-state index contributed by atoms with van der Waals surface area (Å²) in [6.07, 6.45) is 25.3. The van der Waals surface area contributed by atoms with Gasteiger partial charge in [0.15, 0.2) is 11.6 Å². The summed E-state index contributed by atoms with van der Waals surface area (Å²) in [5.41, 5.74) is 15.4. The molecule has 0 bridgehead atoms. The summed E-state index contributed by atoms with van der Waals surface area (Å²) in [5, 5.41) is 20.6. The van der Waals surface area contributed by atoms with Crippen LogP contribution in [0.2, 0.25) is 0 Å². The van der Waals surface area contributed by atoms with Gasteiger partial charge in [0.25, 0.3) is 0 Å². The molecule has 12 rings (SSSR count). The molecule has 0 atom stereocenters. The van der Waals surface area contributed by atoms with Crippen molar-refractivity contribution in [1.29, 1.82) is 0 Å². The van der Waals surface area contributed by atoms with E-state index in [1.165, 1.54) is 17.6 Å². The Balaban J connectivity index is 0.000000141. The van der Waals surface area contributed by atoms with Crippen LogP contribution in [0.4, 0.5) is 0 Å². The van der Waals surface area contributed by atoms with Gasteiger partial charge in [-0.1, -0.05) is 44.2 Å². The maximum absolute atomic E-state index is 4.89. The van der Waals surface area contributed by atoms with Crippen LogP contribution in [0.5, 0.6) is 0 Å². The Morgan fingerprint density at radius 3 is 1.93 bits per heavy atom. The fourth-order valence-corrected chi connectivity index (χ4v) is 8.17. The SMILES string of the molecule is C1=CC(c2nccc3[nH]c(-c4n[nH]c5cnc(C6=CCNCC6)cc45)nc23)=CC1.CC.Cc1ncc(-c2cc3c(-c4nc5c(C6=CCCC6)nccc5[nH]4)n[nH]c3cn2)n1C. The summed E-state index contributed by atoms with van der Waals surface area (Å²) in [4.78, 5) is 39.4. The molecule has 61 heavy (non-hydrogen) atoms. The largest absolute Gasteiger partial charge is 0.336 e. The lowest BCUT2D eigenvalue weighted by atomic mass is 10.0. The van der Waals surface area contributed by atoms with E-state index in [2.05, 4.69) is 97.0 Å². The maximum atomic E-state index is 4.89. The highest BCUT2D eigenvalue weighted by Crippen LogP contribution is 2.34. The number of pyridine rings is 4. The predicted molar refractivity (Wildman–Crippen MR) is 241 cm³/mol. The normalized spacial score (nSPS) is 14.9. The van der Waals surface area contributed by atoms with Crippen molar-refractivity contribution in [2.24, 2.45) is 7.05 Å². The molecular weight excluding hydrogens is 763 g/mol. The van der Waals surface area contributed by atoms with Crippen LogP contribution >= 0.6 is 0 Å². The average molecular weight is 808 g/mol. The molecule has 0 amide bonds. The van der Waals surface area contributed by atoms with Gasteiger partial charge in [-0.25, -0.2) is 15.0 Å². The molecule has 0 saturated carbocycles. The van der Waals surface area contributed by atoms with Gasteiger partial charge in [0.2, 0.25) is 0 Å². The van der Waals surface area contributed by atoms with Crippen LogP contribution in [0.3, 0.4) is 0 Å². The Morgan fingerprint density at radius 1 is 0.656 bits per heavy atom. The van der Waals surface area contributed by atoms with Gasteiger partial charge in [0.05, 0.1) is 69.1 Å². The summed E-state index contributed by atoms with van der Waals surface area (Å²) < 4.78 is 2.03. The molecule has 9 aromatic rings. The fourth-order valence-electron chi connectivity index (χ4n) is 8.17. The zero-order chi connectivity index (χ0) is 41.5. The van der Waals surface area contributed by atoms with Gasteiger partial charge < -0.3 is 19.9 Å². The number of hydrogen-bond donors (Lipinski definition) is 5. The molecule has 1 aliphatic heterocycles. The zero-order valence-electron chi connectivity index (χ0n) is 34.5. The molecule has 3 aliphatic rings. The number of aromatic amines is 4. The van der Waals surface area contributed by atoms with E-state index in [-0.39, 0.29) is 0 Å². The van der Waals surface area contributed by atoms with Crippen molar-refractivity contribution in [2.75, 3.05) is 13.1 Å². The van der Waals surface area contributed by atoms with E-state index >= 15 is 0 Å². The van der Waals surface area contributed by atoms with Crippen LogP contribution in [0.25, 0.3) is 95.0 Å². The lowest BCUT2D eigenvalue weighted by molar-refractivity contribution is 0.737. The molecule has 0 unspecified atom stereocenters. The van der Waals surface area contributed by atoms with Crippen LogP contribution < -0.4 is 5.32 Å². The maximum Gasteiger partial charge on any atom is 0.159 e. The molecule has 0 fully saturated rings. The second-order valence-corrected chi connectivity index (χ2v) is 15.0. The molecule has 0 spiro atoms. The van der Waals surface area contributed by atoms with Crippen molar-refractivity contribution >= 4 is 60.6 Å². The molecule has 15 heteroatoms. The molecule has 0 saturated heterocycles. The van der Waals surface area contributed by atoms with Gasteiger partial charge in [0.1, 0.15) is 28.2 Å². The average Bonchev–Trinajstić information content (AvgIpc) is 4.16. The minimum atomic E-state index is 0.724. The highest BCUT2D eigenvalue weighted by molar-refractivity contribution is 5.98. The molecule has 0 radical (unpaired) electrons. The van der Waals surface area contributed by atoms with Crippen LogP contribution in [-0.2, 0) is 7.05 Å². The Bertz CT molecular complexity index is 3220. The van der Waals surface area contributed by atoms with E-state index in [1.807, 2.05) is 81.6 Å². The van der Waals surface area contributed by atoms with Crippen molar-refractivity contribution in [3.63, 3.8) is 0 Å². The minimum absolute atomic E-state index is 0.724. The van der Waals surface area contributed by atoms with E-state index in [0.717, 1.165) is 146 Å². The topological polar surface area (TPSA) is 196 Å². The van der Waals surface area contributed by atoms with Crippen molar-refractivity contribution in [3.05, 3.63) is 109 Å². The summed E-state index contributed by atoms with van der Waals surface area (Å²) in [6, 6.07) is 8.07. The van der Waals surface area contributed by atoms with E-state index < -0.39 is 0 Å². The number of H-pyrrole nitrogens is 4. The lowest BCUT2D eigenvalue weighted by Gasteiger charge is -2.13. The van der Waals surface area contributed by atoms with Gasteiger partial charge in [-0.2, -0.15) is 10.2 Å². The zero-order valence-corrected chi connectivity index (χ0v) is 34.5. The fraction of sp³-hybridized carbons (Fsp3) is 0.239. The van der Waals surface area contributed by atoms with Gasteiger partial charge in [0, 0.05) is 36.8 Å². The Kier molecular flexibility index (Phi) is 9.92. The van der Waals surface area contributed by atoms with Gasteiger partial charge in [-0.15, -0.1) is 0 Å². The van der Waals surface area contributed by atoms with Crippen LogP contribution in [0.15, 0.2) is 85.6 Å². The third-order valence-corrected chi connectivity index (χ3v) is 11.4. The number of fused-ring (bicyclic) bond motifs is 4. The molecule has 2 aliphatic carbocycles. The monoisotopic (exact) mass is 807 g/mol. The second kappa shape index (κ2) is 16.0. The van der Waals surface area contributed by atoms with E-state index in [1.54, 1.807) is 0 Å². The van der Waals surface area contributed by atoms with Gasteiger partial charge >= 0.3 is 0 Å². The number of rotatable bonds is 6. The summed E-state index contributed by atoms with van der Waals surface area (Å²) in [5.74, 6) is 2.40. The quantitative estimate of drug-likeness (QED) is 0.108.